The summed E-state index contributed by atoms with van der Waals surface area (Å²) in [6.45, 7) is 8.16. The summed E-state index contributed by atoms with van der Waals surface area (Å²) in [5.74, 6) is -1.11. The van der Waals surface area contributed by atoms with Crippen molar-refractivity contribution < 1.29 is 14.4 Å². The molecule has 2 aliphatic rings. The van der Waals surface area contributed by atoms with Crippen LogP contribution in [0, 0.1) is 0 Å². The summed E-state index contributed by atoms with van der Waals surface area (Å²) in [7, 11) is 2.77. The first-order valence-electron chi connectivity index (χ1n) is 7.70. The number of carbonyl (C=O) groups excluding carboxylic acids is 3. The van der Waals surface area contributed by atoms with E-state index in [1.165, 1.54) is 14.1 Å². The number of rotatable bonds is 2. The van der Waals surface area contributed by atoms with Crippen LogP contribution in [-0.2, 0) is 9.59 Å². The molecule has 0 saturated carbocycles. The lowest BCUT2D eigenvalue weighted by atomic mass is 9.98. The largest absolute Gasteiger partial charge is 0.346 e. The first-order valence-corrected chi connectivity index (χ1v) is 7.70. The average Bonchev–Trinajstić information content (AvgIpc) is 2.50. The molecule has 23 heavy (non-hydrogen) atoms. The van der Waals surface area contributed by atoms with Gasteiger partial charge in [-0.15, -0.1) is 0 Å². The highest BCUT2D eigenvalue weighted by molar-refractivity contribution is 6.29. The minimum absolute atomic E-state index is 0.0390. The van der Waals surface area contributed by atoms with E-state index in [2.05, 4.69) is 18.7 Å². The fourth-order valence-corrected chi connectivity index (χ4v) is 3.00. The molecule has 0 N–H and O–H groups in total. The molecule has 4 amide bonds. The van der Waals surface area contributed by atoms with Gasteiger partial charge in [-0.2, -0.15) is 0 Å². The average molecular weight is 317 g/mol. The molecular formula is C17H23N3O3. The van der Waals surface area contributed by atoms with Gasteiger partial charge in [-0.05, 0) is 44.9 Å². The normalized spacial score (nSPS) is 21.0. The van der Waals surface area contributed by atoms with E-state index in [0.717, 1.165) is 27.6 Å². The Morgan fingerprint density at radius 2 is 1.39 bits per heavy atom. The number of amides is 4. The van der Waals surface area contributed by atoms with E-state index in [9.17, 15) is 14.4 Å². The predicted octanol–water partition coefficient (Wildman–Crippen LogP) is 2.26. The smallest absolute Gasteiger partial charge is 0.333 e. The second-order valence-electron chi connectivity index (χ2n) is 6.04. The summed E-state index contributed by atoms with van der Waals surface area (Å²) < 4.78 is 0. The summed E-state index contributed by atoms with van der Waals surface area (Å²) in [6, 6.07) is -0.276. The summed E-state index contributed by atoms with van der Waals surface area (Å²) in [5, 5.41) is 0. The molecule has 1 fully saturated rings. The SMILES string of the molecule is CCC(C)N1C(C)=CC(=C2C(=O)N(C)C(=O)N(C)C2=O)C=C1C. The second-order valence-corrected chi connectivity index (χ2v) is 6.04. The minimum Gasteiger partial charge on any atom is -0.346 e. The Balaban J connectivity index is 2.54. The van der Waals surface area contributed by atoms with Crippen molar-refractivity contribution in [2.75, 3.05) is 14.1 Å². The molecule has 6 heteroatoms. The van der Waals surface area contributed by atoms with Crippen molar-refractivity contribution in [3.63, 3.8) is 0 Å². The molecular weight excluding hydrogens is 294 g/mol. The van der Waals surface area contributed by atoms with Crippen LogP contribution in [0.1, 0.15) is 34.1 Å². The maximum absolute atomic E-state index is 12.4. The molecule has 2 rings (SSSR count). The van der Waals surface area contributed by atoms with Crippen LogP contribution in [0.2, 0.25) is 0 Å². The Hall–Kier alpha value is -2.37. The van der Waals surface area contributed by atoms with Crippen LogP contribution < -0.4 is 0 Å². The molecule has 2 aliphatic heterocycles. The lowest BCUT2D eigenvalue weighted by molar-refractivity contribution is -0.134. The zero-order chi connectivity index (χ0) is 17.5. The van der Waals surface area contributed by atoms with Gasteiger partial charge in [0, 0.05) is 31.5 Å². The van der Waals surface area contributed by atoms with Crippen LogP contribution in [-0.4, -0.2) is 52.7 Å². The van der Waals surface area contributed by atoms with Crippen molar-refractivity contribution in [1.82, 2.24) is 14.7 Å². The lowest BCUT2D eigenvalue weighted by Crippen LogP contribution is -2.53. The fourth-order valence-electron chi connectivity index (χ4n) is 3.00. The molecule has 124 valence electrons. The minimum atomic E-state index is -0.609. The number of carbonyl (C=O) groups is 3. The number of urea groups is 1. The Bertz CT molecular complexity index is 625. The Morgan fingerprint density at radius 1 is 0.957 bits per heavy atom. The second kappa shape index (κ2) is 6.02. The molecule has 0 aromatic heterocycles. The molecule has 0 bridgehead atoms. The monoisotopic (exact) mass is 317 g/mol. The van der Waals surface area contributed by atoms with E-state index >= 15 is 0 Å². The van der Waals surface area contributed by atoms with Crippen molar-refractivity contribution in [2.24, 2.45) is 0 Å². The van der Waals surface area contributed by atoms with Crippen molar-refractivity contribution in [3.8, 4) is 0 Å². The maximum atomic E-state index is 12.4. The maximum Gasteiger partial charge on any atom is 0.333 e. The highest BCUT2D eigenvalue weighted by Gasteiger charge is 2.39. The van der Waals surface area contributed by atoms with Gasteiger partial charge in [0.1, 0.15) is 5.57 Å². The van der Waals surface area contributed by atoms with Crippen LogP contribution in [0.3, 0.4) is 0 Å². The molecule has 0 aliphatic carbocycles. The van der Waals surface area contributed by atoms with Gasteiger partial charge in [-0.25, -0.2) is 4.79 Å². The van der Waals surface area contributed by atoms with Gasteiger partial charge < -0.3 is 4.90 Å². The number of allylic oxidation sites excluding steroid dienone is 5. The highest BCUT2D eigenvalue weighted by atomic mass is 16.2. The molecule has 0 spiro atoms. The number of hydrogen-bond donors (Lipinski definition) is 0. The third-order valence-corrected chi connectivity index (χ3v) is 4.42. The van der Waals surface area contributed by atoms with Gasteiger partial charge in [0.2, 0.25) is 0 Å². The van der Waals surface area contributed by atoms with Crippen LogP contribution >= 0.6 is 0 Å². The number of nitrogens with zero attached hydrogens (tertiary/aromatic N) is 3. The van der Waals surface area contributed by atoms with Gasteiger partial charge in [0.25, 0.3) is 11.8 Å². The molecule has 2 heterocycles. The molecule has 1 unspecified atom stereocenters. The van der Waals surface area contributed by atoms with Crippen LogP contribution in [0.4, 0.5) is 4.79 Å². The molecule has 6 nitrogen and oxygen atoms in total. The number of likely N-dealkylation sites (N-methyl/N-ethyl adjacent to an activating group) is 2. The van der Waals surface area contributed by atoms with Crippen molar-refractivity contribution in [1.29, 1.82) is 0 Å². The standard InChI is InChI=1S/C17H23N3O3/c1-7-10(2)20-11(3)8-13(9-12(20)4)14-15(21)18(5)17(23)19(6)16(14)22/h8-10H,7H2,1-6H3. The summed E-state index contributed by atoms with van der Waals surface area (Å²) in [4.78, 5) is 40.8. The first-order chi connectivity index (χ1) is 10.7. The highest BCUT2D eigenvalue weighted by Crippen LogP contribution is 2.29. The molecule has 0 aromatic rings. The van der Waals surface area contributed by atoms with Gasteiger partial charge >= 0.3 is 6.03 Å². The summed E-state index contributed by atoms with van der Waals surface area (Å²) in [5.41, 5.74) is 2.55. The molecule has 1 atom stereocenters. The number of hydrogen-bond acceptors (Lipinski definition) is 4. The topological polar surface area (TPSA) is 60.9 Å². The summed E-state index contributed by atoms with van der Waals surface area (Å²) in [6.07, 6.45) is 4.66. The van der Waals surface area contributed by atoms with E-state index in [1.54, 1.807) is 0 Å². The van der Waals surface area contributed by atoms with Crippen molar-refractivity contribution in [3.05, 3.63) is 34.7 Å². The quantitative estimate of drug-likeness (QED) is 0.579. The van der Waals surface area contributed by atoms with Gasteiger partial charge in [-0.1, -0.05) is 6.92 Å². The van der Waals surface area contributed by atoms with Crippen molar-refractivity contribution in [2.45, 2.75) is 40.2 Å². The lowest BCUT2D eigenvalue weighted by Gasteiger charge is -2.36. The van der Waals surface area contributed by atoms with Crippen LogP contribution in [0.25, 0.3) is 0 Å². The molecule has 1 saturated heterocycles. The third kappa shape index (κ3) is 2.69. The predicted molar refractivity (Wildman–Crippen MR) is 87.1 cm³/mol. The van der Waals surface area contributed by atoms with Crippen LogP contribution in [0.5, 0.6) is 0 Å². The van der Waals surface area contributed by atoms with Crippen molar-refractivity contribution >= 4 is 17.8 Å². The Kier molecular flexibility index (Phi) is 4.45. The molecule has 0 radical (unpaired) electrons. The molecule has 0 aromatic carbocycles. The Morgan fingerprint density at radius 3 is 1.78 bits per heavy atom. The van der Waals surface area contributed by atoms with Gasteiger partial charge in [0.05, 0.1) is 0 Å². The third-order valence-electron chi connectivity index (χ3n) is 4.42. The van der Waals surface area contributed by atoms with Gasteiger partial charge in [-0.3, -0.25) is 19.4 Å². The zero-order valence-electron chi connectivity index (χ0n) is 14.5. The zero-order valence-corrected chi connectivity index (χ0v) is 14.5. The van der Waals surface area contributed by atoms with E-state index in [1.807, 2.05) is 26.0 Å². The summed E-state index contributed by atoms with van der Waals surface area (Å²) >= 11 is 0. The van der Waals surface area contributed by atoms with Gasteiger partial charge in [0.15, 0.2) is 0 Å². The van der Waals surface area contributed by atoms with E-state index in [0.29, 0.717) is 11.6 Å². The number of imide groups is 2. The fraction of sp³-hybridized carbons (Fsp3) is 0.471. The first kappa shape index (κ1) is 17.0. The van der Waals surface area contributed by atoms with Crippen LogP contribution in [0.15, 0.2) is 34.7 Å². The van der Waals surface area contributed by atoms with E-state index in [4.69, 9.17) is 0 Å². The van der Waals surface area contributed by atoms with E-state index in [-0.39, 0.29) is 5.57 Å². The number of barbiturate groups is 1. The van der Waals surface area contributed by atoms with E-state index < -0.39 is 17.8 Å². The Labute approximate surface area is 136 Å².